The van der Waals surface area contributed by atoms with Gasteiger partial charge in [0.15, 0.2) is 0 Å². The summed E-state index contributed by atoms with van der Waals surface area (Å²) in [4.78, 5) is 52.7. The van der Waals surface area contributed by atoms with Crippen molar-refractivity contribution < 1.29 is 27.5 Å². The summed E-state index contributed by atoms with van der Waals surface area (Å²) in [6, 6.07) is 21.7. The third kappa shape index (κ3) is 7.72. The summed E-state index contributed by atoms with van der Waals surface area (Å²) in [5.74, 6) is -2.22. The molecule has 0 aliphatic carbocycles. The predicted molar refractivity (Wildman–Crippen MR) is 143 cm³/mol. The number of amides is 2. The molecule has 1 atom stereocenters. The van der Waals surface area contributed by atoms with Crippen LogP contribution in [0.2, 0.25) is 0 Å². The van der Waals surface area contributed by atoms with Crippen LogP contribution in [0, 0.1) is 0 Å². The first-order valence-corrected chi connectivity index (χ1v) is 12.4. The molecule has 0 unspecified atom stereocenters. The van der Waals surface area contributed by atoms with Crippen LogP contribution >= 0.6 is 0 Å². The van der Waals surface area contributed by atoms with Crippen molar-refractivity contribution in [2.45, 2.75) is 32.4 Å². The van der Waals surface area contributed by atoms with E-state index in [0.29, 0.717) is 5.56 Å². The highest BCUT2D eigenvalue weighted by molar-refractivity contribution is 5.95. The second-order valence-corrected chi connectivity index (χ2v) is 9.06. The molecule has 1 heterocycles. The molecular formula is C29H25F3N4O5. The number of benzene rings is 3. The van der Waals surface area contributed by atoms with Crippen LogP contribution in [0.3, 0.4) is 0 Å². The molecule has 0 spiro atoms. The third-order valence-electron chi connectivity index (χ3n) is 6.09. The summed E-state index contributed by atoms with van der Waals surface area (Å²) in [5.41, 5.74) is -0.611. The lowest BCUT2D eigenvalue weighted by Gasteiger charge is -2.17. The summed E-state index contributed by atoms with van der Waals surface area (Å²) in [6.45, 7) is 1.26. The number of aromatic amines is 1. The molecule has 0 aliphatic rings. The smallest absolute Gasteiger partial charge is 0.405 e. The number of halogens is 3. The summed E-state index contributed by atoms with van der Waals surface area (Å²) >= 11 is 0. The molecule has 0 aliphatic heterocycles. The van der Waals surface area contributed by atoms with E-state index >= 15 is 0 Å². The van der Waals surface area contributed by atoms with E-state index in [2.05, 4.69) is 20.4 Å². The van der Waals surface area contributed by atoms with Crippen LogP contribution in [0.1, 0.15) is 50.5 Å². The number of carbonyl (C=O) groups excluding carboxylic acids is 2. The van der Waals surface area contributed by atoms with Gasteiger partial charge in [0.25, 0.3) is 17.4 Å². The molecule has 0 fully saturated rings. The maximum Gasteiger partial charge on any atom is 0.573 e. The summed E-state index contributed by atoms with van der Waals surface area (Å²) in [6.07, 6.45) is -5.07. The minimum absolute atomic E-state index is 0.0148. The van der Waals surface area contributed by atoms with Crippen LogP contribution in [0.4, 0.5) is 13.2 Å². The maximum absolute atomic E-state index is 13.1. The SMILES string of the molecule is C[C@@H](NC(=O)c1ccc(CNC(=O)c2cc(=O)n(Cc3ccccc3)c(=O)[nH]2)c(OC(F)(F)F)c1)c1ccccc1. The van der Waals surface area contributed by atoms with Gasteiger partial charge in [-0.2, -0.15) is 0 Å². The fraction of sp³-hybridized carbons (Fsp3) is 0.172. The van der Waals surface area contributed by atoms with Crippen LogP contribution in [0.25, 0.3) is 0 Å². The second-order valence-electron chi connectivity index (χ2n) is 9.06. The van der Waals surface area contributed by atoms with Gasteiger partial charge in [0.1, 0.15) is 11.4 Å². The monoisotopic (exact) mass is 566 g/mol. The number of rotatable bonds is 9. The highest BCUT2D eigenvalue weighted by Crippen LogP contribution is 2.28. The molecule has 3 aromatic carbocycles. The Morgan fingerprint density at radius 2 is 1.59 bits per heavy atom. The largest absolute Gasteiger partial charge is 0.573 e. The first-order chi connectivity index (χ1) is 19.5. The van der Waals surface area contributed by atoms with Crippen molar-refractivity contribution in [3.63, 3.8) is 0 Å². The van der Waals surface area contributed by atoms with Crippen LogP contribution in [0.5, 0.6) is 5.75 Å². The zero-order chi connectivity index (χ0) is 29.6. The third-order valence-corrected chi connectivity index (χ3v) is 6.09. The molecule has 0 bridgehead atoms. The topological polar surface area (TPSA) is 122 Å². The first kappa shape index (κ1) is 28.9. The Morgan fingerprint density at radius 3 is 2.22 bits per heavy atom. The minimum Gasteiger partial charge on any atom is -0.405 e. The summed E-state index contributed by atoms with van der Waals surface area (Å²) < 4.78 is 44.5. The number of hydrogen-bond acceptors (Lipinski definition) is 5. The number of hydrogen-bond donors (Lipinski definition) is 3. The summed E-state index contributed by atoms with van der Waals surface area (Å²) in [7, 11) is 0. The van der Waals surface area contributed by atoms with E-state index in [0.717, 1.165) is 22.3 Å². The molecule has 9 nitrogen and oxygen atoms in total. The standard InChI is InChI=1S/C29H25F3N4O5/c1-18(20-10-6-3-7-11-20)34-26(38)21-12-13-22(24(14-21)41-29(30,31)32)16-33-27(39)23-15-25(37)36(28(40)35-23)17-19-8-4-2-5-9-19/h2-15,18H,16-17H2,1H3,(H,33,39)(H,34,38)(H,35,40)/t18-/m1/s1. The van der Waals surface area contributed by atoms with Gasteiger partial charge in [-0.05, 0) is 30.2 Å². The second kappa shape index (κ2) is 12.4. The molecule has 0 saturated carbocycles. The number of carbonyl (C=O) groups is 2. The number of nitrogens with one attached hydrogen (secondary N) is 3. The molecule has 4 aromatic rings. The van der Waals surface area contributed by atoms with Crippen LogP contribution in [0.15, 0.2) is 94.5 Å². The number of H-pyrrole nitrogens is 1. The van der Waals surface area contributed by atoms with Crippen LogP contribution in [-0.4, -0.2) is 27.7 Å². The lowest BCUT2D eigenvalue weighted by Crippen LogP contribution is -2.38. The van der Waals surface area contributed by atoms with E-state index in [1.165, 1.54) is 12.1 Å². The van der Waals surface area contributed by atoms with Crippen molar-refractivity contribution in [1.29, 1.82) is 0 Å². The fourth-order valence-electron chi connectivity index (χ4n) is 4.00. The van der Waals surface area contributed by atoms with Crippen LogP contribution < -0.4 is 26.6 Å². The van der Waals surface area contributed by atoms with Crippen LogP contribution in [-0.2, 0) is 13.1 Å². The van der Waals surface area contributed by atoms with Gasteiger partial charge in [0.05, 0.1) is 12.6 Å². The molecule has 2 amide bonds. The molecule has 3 N–H and O–H groups in total. The molecule has 212 valence electrons. The van der Waals surface area contributed by atoms with E-state index in [1.807, 2.05) is 6.07 Å². The van der Waals surface area contributed by atoms with Gasteiger partial charge in [0, 0.05) is 23.7 Å². The average molecular weight is 567 g/mol. The molecular weight excluding hydrogens is 541 g/mol. The lowest BCUT2D eigenvalue weighted by molar-refractivity contribution is -0.274. The predicted octanol–water partition coefficient (Wildman–Crippen LogP) is 3.90. The Labute approximate surface area is 231 Å². The van der Waals surface area contributed by atoms with Crippen molar-refractivity contribution in [1.82, 2.24) is 20.2 Å². The lowest BCUT2D eigenvalue weighted by atomic mass is 10.1. The Kier molecular flexibility index (Phi) is 8.71. The van der Waals surface area contributed by atoms with E-state index < -0.39 is 47.8 Å². The van der Waals surface area contributed by atoms with E-state index in [4.69, 9.17) is 0 Å². The van der Waals surface area contributed by atoms with Gasteiger partial charge in [-0.25, -0.2) is 4.79 Å². The Morgan fingerprint density at radius 1 is 0.927 bits per heavy atom. The molecule has 12 heteroatoms. The Bertz CT molecular complexity index is 1620. The number of aromatic nitrogens is 2. The summed E-state index contributed by atoms with van der Waals surface area (Å²) in [5, 5.41) is 5.08. The highest BCUT2D eigenvalue weighted by Gasteiger charge is 2.32. The first-order valence-electron chi connectivity index (χ1n) is 12.4. The Hall–Kier alpha value is -5.13. The molecule has 1 aromatic heterocycles. The average Bonchev–Trinajstić information content (AvgIpc) is 2.94. The Balaban J connectivity index is 1.49. The maximum atomic E-state index is 13.1. The zero-order valence-electron chi connectivity index (χ0n) is 21.7. The van der Waals surface area contributed by atoms with E-state index in [-0.39, 0.29) is 23.4 Å². The van der Waals surface area contributed by atoms with Crippen molar-refractivity contribution in [2.75, 3.05) is 0 Å². The van der Waals surface area contributed by atoms with Gasteiger partial charge in [0.2, 0.25) is 0 Å². The highest BCUT2D eigenvalue weighted by atomic mass is 19.4. The van der Waals surface area contributed by atoms with Crippen molar-refractivity contribution in [3.8, 4) is 5.75 Å². The van der Waals surface area contributed by atoms with Gasteiger partial charge in [-0.1, -0.05) is 66.7 Å². The zero-order valence-corrected chi connectivity index (χ0v) is 21.7. The quantitative estimate of drug-likeness (QED) is 0.284. The number of alkyl halides is 3. The fourth-order valence-corrected chi connectivity index (χ4v) is 4.00. The van der Waals surface area contributed by atoms with E-state index in [1.54, 1.807) is 61.5 Å². The van der Waals surface area contributed by atoms with Crippen molar-refractivity contribution >= 4 is 11.8 Å². The van der Waals surface area contributed by atoms with E-state index in [9.17, 15) is 32.3 Å². The molecule has 4 rings (SSSR count). The normalized spacial score (nSPS) is 11.9. The molecule has 41 heavy (non-hydrogen) atoms. The van der Waals surface area contributed by atoms with Gasteiger partial charge in [-0.3, -0.25) is 19.0 Å². The van der Waals surface area contributed by atoms with Gasteiger partial charge in [-0.15, -0.1) is 13.2 Å². The molecule has 0 saturated heterocycles. The minimum atomic E-state index is -5.07. The molecule has 0 radical (unpaired) electrons. The number of ether oxygens (including phenoxy) is 1. The van der Waals surface area contributed by atoms with Gasteiger partial charge >= 0.3 is 12.1 Å². The van der Waals surface area contributed by atoms with Crippen molar-refractivity contribution in [2.24, 2.45) is 0 Å². The van der Waals surface area contributed by atoms with Crippen molar-refractivity contribution in [3.05, 3.63) is 134 Å². The number of nitrogens with zero attached hydrogens (tertiary/aromatic N) is 1. The van der Waals surface area contributed by atoms with Gasteiger partial charge < -0.3 is 20.4 Å².